The third-order valence-corrected chi connectivity index (χ3v) is 5.00. The van der Waals surface area contributed by atoms with Crippen LogP contribution in [-0.2, 0) is 9.47 Å². The number of phenols is 1. The van der Waals surface area contributed by atoms with Crippen LogP contribution in [0.2, 0.25) is 0 Å². The number of carbonyl (C=O) groups is 1. The van der Waals surface area contributed by atoms with Crippen molar-refractivity contribution in [1.29, 1.82) is 0 Å². The van der Waals surface area contributed by atoms with Crippen molar-refractivity contribution in [2.24, 2.45) is 0 Å². The van der Waals surface area contributed by atoms with E-state index in [4.69, 9.17) is 9.47 Å². The molecule has 24 heavy (non-hydrogen) atoms. The normalized spacial score (nSPS) is 26.8. The first-order valence-corrected chi connectivity index (χ1v) is 8.40. The minimum atomic E-state index is -0.234. The molecule has 1 amide bonds. The number of carbonyl (C=O) groups excluding carboxylic acids is 1. The SMILES string of the molecule is O=C(N[C@@H]1CCO[C@@]2(CCOC2)C1)c1cc(O)c2ccccc2c1. The van der Waals surface area contributed by atoms with E-state index in [0.717, 1.165) is 36.6 Å². The van der Waals surface area contributed by atoms with E-state index in [-0.39, 0.29) is 23.3 Å². The number of benzene rings is 2. The van der Waals surface area contributed by atoms with Gasteiger partial charge in [0.25, 0.3) is 5.91 Å². The molecule has 0 unspecified atom stereocenters. The van der Waals surface area contributed by atoms with Crippen LogP contribution in [0.5, 0.6) is 5.75 Å². The molecule has 2 aromatic carbocycles. The van der Waals surface area contributed by atoms with Crippen molar-refractivity contribution in [3.8, 4) is 5.75 Å². The molecule has 0 bridgehead atoms. The second-order valence-corrected chi connectivity index (χ2v) is 6.71. The van der Waals surface area contributed by atoms with Crippen LogP contribution in [0.25, 0.3) is 10.8 Å². The lowest BCUT2D eigenvalue weighted by Crippen LogP contribution is -2.49. The first-order valence-electron chi connectivity index (χ1n) is 8.40. The van der Waals surface area contributed by atoms with E-state index in [0.29, 0.717) is 18.8 Å². The molecule has 4 rings (SSSR count). The molecule has 1 spiro atoms. The monoisotopic (exact) mass is 327 g/mol. The molecule has 0 radical (unpaired) electrons. The van der Waals surface area contributed by atoms with Gasteiger partial charge in [-0.25, -0.2) is 0 Å². The Labute approximate surface area is 140 Å². The quantitative estimate of drug-likeness (QED) is 0.890. The van der Waals surface area contributed by atoms with E-state index in [2.05, 4.69) is 5.32 Å². The smallest absolute Gasteiger partial charge is 0.251 e. The van der Waals surface area contributed by atoms with Gasteiger partial charge in [-0.05, 0) is 30.4 Å². The van der Waals surface area contributed by atoms with E-state index in [9.17, 15) is 9.90 Å². The largest absolute Gasteiger partial charge is 0.507 e. The third-order valence-electron chi connectivity index (χ3n) is 5.00. The minimum absolute atomic E-state index is 0.0709. The molecular formula is C19H21NO4. The number of hydrogen-bond acceptors (Lipinski definition) is 4. The highest BCUT2D eigenvalue weighted by atomic mass is 16.6. The van der Waals surface area contributed by atoms with Gasteiger partial charge in [-0.1, -0.05) is 24.3 Å². The van der Waals surface area contributed by atoms with Crippen molar-refractivity contribution in [3.63, 3.8) is 0 Å². The van der Waals surface area contributed by atoms with Crippen molar-refractivity contribution >= 4 is 16.7 Å². The summed E-state index contributed by atoms with van der Waals surface area (Å²) in [5.41, 5.74) is 0.247. The fourth-order valence-electron chi connectivity index (χ4n) is 3.70. The number of hydrogen-bond donors (Lipinski definition) is 2. The maximum Gasteiger partial charge on any atom is 0.251 e. The second kappa shape index (κ2) is 6.07. The van der Waals surface area contributed by atoms with Crippen molar-refractivity contribution in [2.45, 2.75) is 30.9 Å². The lowest BCUT2D eigenvalue weighted by molar-refractivity contribution is -0.0881. The van der Waals surface area contributed by atoms with Gasteiger partial charge in [0, 0.05) is 36.6 Å². The van der Waals surface area contributed by atoms with Crippen molar-refractivity contribution in [2.75, 3.05) is 19.8 Å². The molecule has 2 aliphatic heterocycles. The van der Waals surface area contributed by atoms with Gasteiger partial charge in [0.1, 0.15) is 5.75 Å². The lowest BCUT2D eigenvalue weighted by Gasteiger charge is -2.37. The zero-order valence-corrected chi connectivity index (χ0v) is 13.5. The van der Waals surface area contributed by atoms with Gasteiger partial charge < -0.3 is 19.9 Å². The Balaban J connectivity index is 1.52. The first kappa shape index (κ1) is 15.4. The van der Waals surface area contributed by atoms with E-state index < -0.39 is 0 Å². The van der Waals surface area contributed by atoms with Gasteiger partial charge in [0.15, 0.2) is 0 Å². The van der Waals surface area contributed by atoms with Gasteiger partial charge in [0.05, 0.1) is 12.2 Å². The summed E-state index contributed by atoms with van der Waals surface area (Å²) in [5.74, 6) is -0.0251. The number of nitrogens with one attached hydrogen (secondary N) is 1. The molecule has 2 N–H and O–H groups in total. The van der Waals surface area contributed by atoms with Crippen molar-refractivity contribution < 1.29 is 19.4 Å². The molecule has 0 aliphatic carbocycles. The maximum absolute atomic E-state index is 12.6. The summed E-state index contributed by atoms with van der Waals surface area (Å²) in [6.07, 6.45) is 2.46. The number of fused-ring (bicyclic) bond motifs is 1. The van der Waals surface area contributed by atoms with Crippen LogP contribution in [0.15, 0.2) is 36.4 Å². The average molecular weight is 327 g/mol. The molecular weight excluding hydrogens is 306 g/mol. The van der Waals surface area contributed by atoms with E-state index >= 15 is 0 Å². The topological polar surface area (TPSA) is 67.8 Å². The summed E-state index contributed by atoms with van der Waals surface area (Å²) in [7, 11) is 0. The second-order valence-electron chi connectivity index (χ2n) is 6.71. The lowest BCUT2D eigenvalue weighted by atomic mass is 9.89. The zero-order chi connectivity index (χ0) is 16.6. The molecule has 2 saturated heterocycles. The maximum atomic E-state index is 12.6. The Bertz CT molecular complexity index is 767. The van der Waals surface area contributed by atoms with Gasteiger partial charge in [-0.15, -0.1) is 0 Å². The van der Waals surface area contributed by atoms with Crippen LogP contribution in [0.1, 0.15) is 29.6 Å². The number of aromatic hydroxyl groups is 1. The number of rotatable bonds is 2. The molecule has 2 aromatic rings. The number of amides is 1. The summed E-state index contributed by atoms with van der Waals surface area (Å²) in [6.45, 7) is 1.96. The molecule has 0 aromatic heterocycles. The fourth-order valence-corrected chi connectivity index (χ4v) is 3.70. The Kier molecular flexibility index (Phi) is 3.90. The van der Waals surface area contributed by atoms with Crippen molar-refractivity contribution in [1.82, 2.24) is 5.32 Å². The standard InChI is InChI=1S/C19H21NO4/c21-17-10-14(9-13-3-1-2-4-16(13)17)18(22)20-15-5-7-24-19(11-15)6-8-23-12-19/h1-4,9-10,15,21H,5-8,11-12H2,(H,20,22)/t15-,19+/m1/s1. The zero-order valence-electron chi connectivity index (χ0n) is 13.5. The Morgan fingerprint density at radius 2 is 2.12 bits per heavy atom. The highest BCUT2D eigenvalue weighted by Crippen LogP contribution is 2.33. The Hall–Kier alpha value is -2.11. The molecule has 2 aliphatic rings. The summed E-state index contributed by atoms with van der Waals surface area (Å²) < 4.78 is 11.4. The van der Waals surface area contributed by atoms with Crippen LogP contribution >= 0.6 is 0 Å². The molecule has 2 atom stereocenters. The predicted molar refractivity (Wildman–Crippen MR) is 90.2 cm³/mol. The summed E-state index contributed by atoms with van der Waals surface area (Å²) in [5, 5.41) is 14.9. The van der Waals surface area contributed by atoms with Gasteiger partial charge >= 0.3 is 0 Å². The highest BCUT2D eigenvalue weighted by molar-refractivity contribution is 6.00. The summed E-state index contributed by atoms with van der Waals surface area (Å²) in [4.78, 5) is 12.6. The van der Waals surface area contributed by atoms with Crippen molar-refractivity contribution in [3.05, 3.63) is 42.0 Å². The Morgan fingerprint density at radius 3 is 2.96 bits per heavy atom. The molecule has 2 fully saturated rings. The van der Waals surface area contributed by atoms with Gasteiger partial charge in [-0.2, -0.15) is 0 Å². The highest BCUT2D eigenvalue weighted by Gasteiger charge is 2.41. The summed E-state index contributed by atoms with van der Waals surface area (Å²) >= 11 is 0. The van der Waals surface area contributed by atoms with Crippen LogP contribution in [-0.4, -0.2) is 42.5 Å². The van der Waals surface area contributed by atoms with Crippen LogP contribution in [0, 0.1) is 0 Å². The molecule has 5 heteroatoms. The van der Waals surface area contributed by atoms with E-state index in [1.54, 1.807) is 0 Å². The molecule has 0 saturated carbocycles. The third kappa shape index (κ3) is 2.85. The number of phenolic OH excluding ortho intramolecular Hbond substituents is 1. The molecule has 126 valence electrons. The predicted octanol–water partition coefficient (Wildman–Crippen LogP) is 2.61. The van der Waals surface area contributed by atoms with Crippen LogP contribution in [0.4, 0.5) is 0 Å². The average Bonchev–Trinajstić information content (AvgIpc) is 3.02. The number of ether oxygens (including phenoxy) is 2. The summed E-state index contributed by atoms with van der Waals surface area (Å²) in [6, 6.07) is 10.9. The van der Waals surface area contributed by atoms with E-state index in [1.807, 2.05) is 30.3 Å². The first-order chi connectivity index (χ1) is 11.7. The van der Waals surface area contributed by atoms with Crippen LogP contribution in [0.3, 0.4) is 0 Å². The van der Waals surface area contributed by atoms with Gasteiger partial charge in [-0.3, -0.25) is 4.79 Å². The molecule has 5 nitrogen and oxygen atoms in total. The molecule has 2 heterocycles. The van der Waals surface area contributed by atoms with Crippen LogP contribution < -0.4 is 5.32 Å². The van der Waals surface area contributed by atoms with E-state index in [1.165, 1.54) is 6.07 Å². The fraction of sp³-hybridized carbons (Fsp3) is 0.421. The Morgan fingerprint density at radius 1 is 1.25 bits per heavy atom. The van der Waals surface area contributed by atoms with Gasteiger partial charge in [0.2, 0.25) is 0 Å². The minimum Gasteiger partial charge on any atom is -0.507 e.